The summed E-state index contributed by atoms with van der Waals surface area (Å²) in [4.78, 5) is 40.0. The Balaban J connectivity index is 2.66. The average molecular weight is 454 g/mol. The molecule has 1 rings (SSSR count). The SMILES string of the molecule is BC1CC(OC(=O)CC)C(COP(O)(=S)OP(=O)(O)OP(=O)(O)CC)O1. The molecule has 0 aromatic carbocycles. The van der Waals surface area contributed by atoms with E-state index in [1.54, 1.807) is 14.8 Å². The summed E-state index contributed by atoms with van der Waals surface area (Å²) in [6, 6.07) is -0.243. The molecule has 11 nitrogen and oxygen atoms in total. The van der Waals surface area contributed by atoms with Crippen LogP contribution in [0.2, 0.25) is 0 Å². The van der Waals surface area contributed by atoms with Crippen molar-refractivity contribution in [3.8, 4) is 0 Å². The van der Waals surface area contributed by atoms with E-state index in [1.807, 2.05) is 0 Å². The third-order valence-electron chi connectivity index (χ3n) is 3.20. The van der Waals surface area contributed by atoms with Crippen LogP contribution < -0.4 is 0 Å². The van der Waals surface area contributed by atoms with Crippen LogP contribution in [0.15, 0.2) is 0 Å². The highest BCUT2D eigenvalue weighted by atomic mass is 32.5. The van der Waals surface area contributed by atoms with Gasteiger partial charge in [0.25, 0.3) is 0 Å². The topological polar surface area (TPSA) is 158 Å². The number of esters is 1. The quantitative estimate of drug-likeness (QED) is 0.241. The summed E-state index contributed by atoms with van der Waals surface area (Å²) in [5, 5.41) is 0. The van der Waals surface area contributed by atoms with Gasteiger partial charge in [-0.05, 0) is 11.8 Å². The predicted molar refractivity (Wildman–Crippen MR) is 96.8 cm³/mol. The van der Waals surface area contributed by atoms with Crippen LogP contribution in [0.1, 0.15) is 26.7 Å². The van der Waals surface area contributed by atoms with E-state index in [4.69, 9.17) is 14.0 Å². The van der Waals surface area contributed by atoms with E-state index in [0.717, 1.165) is 0 Å². The molecule has 6 unspecified atom stereocenters. The Morgan fingerprint density at radius 3 is 2.42 bits per heavy atom. The van der Waals surface area contributed by atoms with Crippen LogP contribution in [0.3, 0.4) is 0 Å². The van der Waals surface area contributed by atoms with E-state index in [-0.39, 0.29) is 19.0 Å². The first kappa shape index (κ1) is 24.4. The van der Waals surface area contributed by atoms with Crippen molar-refractivity contribution in [1.29, 1.82) is 0 Å². The van der Waals surface area contributed by atoms with Crippen LogP contribution in [-0.4, -0.2) is 59.5 Å². The smallest absolute Gasteiger partial charge is 0.459 e. The van der Waals surface area contributed by atoms with Gasteiger partial charge in [-0.15, -0.1) is 0 Å². The fourth-order valence-electron chi connectivity index (χ4n) is 2.00. The maximum atomic E-state index is 11.7. The monoisotopic (exact) mass is 454 g/mol. The molecule has 0 bridgehead atoms. The van der Waals surface area contributed by atoms with Gasteiger partial charge in [-0.25, -0.2) is 13.2 Å². The first-order valence-corrected chi connectivity index (χ1v) is 13.5. The van der Waals surface area contributed by atoms with Crippen molar-refractivity contribution in [1.82, 2.24) is 0 Å². The minimum Gasteiger partial charge on any atom is -0.459 e. The lowest BCUT2D eigenvalue weighted by Gasteiger charge is -2.23. The normalized spacial score (nSPS) is 30.1. The Morgan fingerprint density at radius 1 is 1.27 bits per heavy atom. The fourth-order valence-corrected chi connectivity index (χ4v) is 6.65. The van der Waals surface area contributed by atoms with Crippen molar-refractivity contribution >= 4 is 47.8 Å². The van der Waals surface area contributed by atoms with Crippen LogP contribution in [0, 0.1) is 0 Å². The molecule has 152 valence electrons. The molecule has 0 saturated carbocycles. The Bertz CT molecular complexity index is 646. The summed E-state index contributed by atoms with van der Waals surface area (Å²) in [5.41, 5.74) is 0. The molecule has 1 heterocycles. The van der Waals surface area contributed by atoms with Gasteiger partial charge in [-0.1, -0.05) is 13.8 Å². The Kier molecular flexibility index (Phi) is 9.12. The molecule has 1 fully saturated rings. The second kappa shape index (κ2) is 9.72. The Hall–Kier alpha value is 0.365. The Labute approximate surface area is 157 Å². The average Bonchev–Trinajstić information content (AvgIpc) is 2.82. The lowest BCUT2D eigenvalue weighted by molar-refractivity contribution is -0.152. The molecule has 0 aliphatic carbocycles. The van der Waals surface area contributed by atoms with Crippen molar-refractivity contribution in [2.45, 2.75) is 44.9 Å². The summed E-state index contributed by atoms with van der Waals surface area (Å²) in [7, 11) is -7.76. The third kappa shape index (κ3) is 8.58. The first-order chi connectivity index (χ1) is 11.8. The predicted octanol–water partition coefficient (Wildman–Crippen LogP) is 0.629. The van der Waals surface area contributed by atoms with Gasteiger partial charge >= 0.3 is 28.1 Å². The number of hydrogen-bond acceptors (Lipinski definition) is 9. The largest absolute Gasteiger partial charge is 0.486 e. The lowest BCUT2D eigenvalue weighted by atomic mass is 9.96. The summed E-state index contributed by atoms with van der Waals surface area (Å²) < 4.78 is 47.2. The van der Waals surface area contributed by atoms with Crippen molar-refractivity contribution < 1.29 is 51.2 Å². The number of ether oxygens (including phenoxy) is 2. The number of carbonyl (C=O) groups excluding carboxylic acids is 1. The van der Waals surface area contributed by atoms with Crippen molar-refractivity contribution in [3.63, 3.8) is 0 Å². The van der Waals surface area contributed by atoms with Gasteiger partial charge in [0.15, 0.2) is 0 Å². The minimum atomic E-state index is -5.14. The van der Waals surface area contributed by atoms with Crippen LogP contribution in [0.25, 0.3) is 0 Å². The summed E-state index contributed by atoms with van der Waals surface area (Å²) >= 11 is 4.61. The van der Waals surface area contributed by atoms with Gasteiger partial charge in [0.1, 0.15) is 20.1 Å². The van der Waals surface area contributed by atoms with Gasteiger partial charge < -0.3 is 28.7 Å². The van der Waals surface area contributed by atoms with Crippen molar-refractivity contribution in [2.24, 2.45) is 0 Å². The van der Waals surface area contributed by atoms with E-state index < -0.39 is 46.5 Å². The van der Waals surface area contributed by atoms with Gasteiger partial charge in [-0.3, -0.25) is 9.36 Å². The zero-order valence-corrected chi connectivity index (χ0v) is 17.9. The molecule has 1 aliphatic heterocycles. The van der Waals surface area contributed by atoms with Gasteiger partial charge in [0, 0.05) is 25.0 Å². The molecule has 0 aromatic heterocycles. The number of rotatable bonds is 10. The zero-order chi connectivity index (χ0) is 20.2. The molecular weight excluding hydrogens is 432 g/mol. The molecular formula is C10H22BO11P3S. The van der Waals surface area contributed by atoms with Crippen molar-refractivity contribution in [2.75, 3.05) is 12.8 Å². The molecule has 26 heavy (non-hydrogen) atoms. The second-order valence-corrected chi connectivity index (χ2v) is 12.2. The lowest BCUT2D eigenvalue weighted by Crippen LogP contribution is -2.30. The first-order valence-electron chi connectivity index (χ1n) is 7.68. The van der Waals surface area contributed by atoms with E-state index >= 15 is 0 Å². The van der Waals surface area contributed by atoms with Gasteiger partial charge in [-0.2, -0.15) is 0 Å². The van der Waals surface area contributed by atoms with Gasteiger partial charge in [0.2, 0.25) is 0 Å². The summed E-state index contributed by atoms with van der Waals surface area (Å²) in [5.74, 6) is -0.441. The molecule has 16 heteroatoms. The molecule has 6 atom stereocenters. The van der Waals surface area contributed by atoms with Crippen LogP contribution in [-0.2, 0) is 48.4 Å². The molecule has 0 spiro atoms. The maximum absolute atomic E-state index is 11.7. The molecule has 0 aromatic rings. The van der Waals surface area contributed by atoms with Crippen LogP contribution in [0.4, 0.5) is 0 Å². The minimum absolute atomic E-state index is 0.170. The zero-order valence-electron chi connectivity index (χ0n) is 14.4. The van der Waals surface area contributed by atoms with Crippen molar-refractivity contribution in [3.05, 3.63) is 0 Å². The third-order valence-corrected chi connectivity index (χ3v) is 8.88. The van der Waals surface area contributed by atoms with E-state index in [2.05, 4.69) is 20.4 Å². The molecule has 1 saturated heterocycles. The summed E-state index contributed by atoms with van der Waals surface area (Å²) in [6.07, 6.45) is -1.28. The highest BCUT2D eigenvalue weighted by molar-refractivity contribution is 8.08. The highest BCUT2D eigenvalue weighted by Crippen LogP contribution is 2.67. The molecule has 0 radical (unpaired) electrons. The standard InChI is InChI=1S/C10H22BO11P3S/c1-3-10(12)20-7-5-9(11)19-8(7)6-18-25(17,26)22-24(15,16)21-23(13,14)4-2/h7-9H,3-6,11H2,1-2H3,(H,13,14)(H,15,16)(H,17,26). The van der Waals surface area contributed by atoms with Gasteiger partial charge in [0.05, 0.1) is 6.61 Å². The summed E-state index contributed by atoms with van der Waals surface area (Å²) in [6.45, 7) is -1.81. The van der Waals surface area contributed by atoms with E-state index in [9.17, 15) is 28.6 Å². The van der Waals surface area contributed by atoms with Crippen LogP contribution >= 0.6 is 22.1 Å². The van der Waals surface area contributed by atoms with E-state index in [0.29, 0.717) is 6.42 Å². The van der Waals surface area contributed by atoms with Crippen LogP contribution in [0.5, 0.6) is 0 Å². The number of carbonyl (C=O) groups is 1. The molecule has 3 N–H and O–H groups in total. The Morgan fingerprint density at radius 2 is 1.88 bits per heavy atom. The maximum Gasteiger partial charge on any atom is 0.486 e. The number of phosphoric acid groups is 1. The fraction of sp³-hybridized carbons (Fsp3) is 0.900. The molecule has 1 aliphatic rings. The molecule has 0 amide bonds. The van der Waals surface area contributed by atoms with E-state index in [1.165, 1.54) is 6.92 Å². The second-order valence-electron chi connectivity index (χ2n) is 5.45. The highest BCUT2D eigenvalue weighted by Gasteiger charge is 2.40. The number of hydrogen-bond donors (Lipinski definition) is 3.